The molecule has 0 aromatic carbocycles. The van der Waals surface area contributed by atoms with Crippen molar-refractivity contribution in [3.8, 4) is 0 Å². The average Bonchev–Trinajstić information content (AvgIpc) is 2.89. The molecule has 1 atom stereocenters. The molecule has 2 aliphatic rings. The Balaban J connectivity index is 1.92. The summed E-state index contributed by atoms with van der Waals surface area (Å²) in [6.45, 7) is 21.2. The van der Waals surface area contributed by atoms with Gasteiger partial charge in [0.25, 0.3) is 0 Å². The van der Waals surface area contributed by atoms with E-state index < -0.39 is 11.5 Å². The van der Waals surface area contributed by atoms with Crippen LogP contribution in [0.25, 0.3) is 0 Å². The minimum atomic E-state index is -0.650. The molecule has 0 radical (unpaired) electrons. The van der Waals surface area contributed by atoms with Crippen LogP contribution in [0.5, 0.6) is 0 Å². The van der Waals surface area contributed by atoms with Crippen molar-refractivity contribution < 1.29 is 9.90 Å². The van der Waals surface area contributed by atoms with E-state index in [1.807, 2.05) is 45.9 Å². The third-order valence-corrected chi connectivity index (χ3v) is 8.56. The van der Waals surface area contributed by atoms with Crippen molar-refractivity contribution in [1.29, 1.82) is 0 Å². The van der Waals surface area contributed by atoms with Crippen LogP contribution in [0, 0.1) is 10.8 Å². The van der Waals surface area contributed by atoms with Crippen molar-refractivity contribution in [2.24, 2.45) is 10.8 Å². The third kappa shape index (κ3) is 10.6. The molecule has 0 amide bonds. The van der Waals surface area contributed by atoms with Gasteiger partial charge in [0.05, 0.1) is 6.10 Å². The maximum absolute atomic E-state index is 12.2. The molecular weight excluding hydrogens is 512 g/mol. The van der Waals surface area contributed by atoms with Crippen LogP contribution in [0.2, 0.25) is 0 Å². The highest BCUT2D eigenvalue weighted by atomic mass is 16.3. The molecule has 2 aliphatic carbocycles. The summed E-state index contributed by atoms with van der Waals surface area (Å²) in [5, 5.41) is 10.4. The molecule has 0 aromatic rings. The van der Waals surface area contributed by atoms with Crippen LogP contribution in [0.3, 0.4) is 0 Å². The predicted molar refractivity (Wildman–Crippen MR) is 183 cm³/mol. The molecule has 0 saturated carbocycles. The molecule has 0 aliphatic heterocycles. The van der Waals surface area contributed by atoms with Gasteiger partial charge in [-0.25, -0.2) is 0 Å². The number of carbonyl (C=O) groups is 1. The van der Waals surface area contributed by atoms with E-state index in [2.05, 4.69) is 108 Å². The van der Waals surface area contributed by atoms with Crippen molar-refractivity contribution in [3.05, 3.63) is 130 Å². The van der Waals surface area contributed by atoms with Gasteiger partial charge < -0.3 is 5.11 Å². The molecule has 0 fully saturated rings. The Morgan fingerprint density at radius 2 is 1.17 bits per heavy atom. The maximum atomic E-state index is 12.2. The second kappa shape index (κ2) is 15.8. The molecule has 0 unspecified atom stereocenters. The normalized spacial score (nSPS) is 23.3. The fourth-order valence-corrected chi connectivity index (χ4v) is 5.52. The van der Waals surface area contributed by atoms with Gasteiger partial charge in [-0.1, -0.05) is 141 Å². The molecule has 0 heterocycles. The highest BCUT2D eigenvalue weighted by Gasteiger charge is 2.38. The van der Waals surface area contributed by atoms with Crippen LogP contribution in [0.15, 0.2) is 130 Å². The maximum Gasteiger partial charge on any atom is 0.161 e. The Bertz CT molecular complexity index is 1330. The standard InChI is InChI=1S/C40H54O2/c1-29(18-13-20-31(3)23-25-35-33(5)22-15-27-39(35,7)8)16-11-12-17-30(2)19-14-21-32(4)24-26-36-34(6)37(41)28-38(42)40(36,9)10/h11-14,16-21,23-26,38,42H,15,22,27-28H2,1-10H3/b12-11+,18-13+,19-14+,25-23+,26-24+,29-16+,30-17+,31-20+,32-21+/t38-/m0/s1. The second-order valence-corrected chi connectivity index (χ2v) is 13.2. The van der Waals surface area contributed by atoms with E-state index in [4.69, 9.17) is 0 Å². The first-order valence-electron chi connectivity index (χ1n) is 15.4. The lowest BCUT2D eigenvalue weighted by molar-refractivity contribution is -0.120. The van der Waals surface area contributed by atoms with Crippen molar-refractivity contribution in [1.82, 2.24) is 0 Å². The molecule has 2 nitrogen and oxygen atoms in total. The van der Waals surface area contributed by atoms with Crippen LogP contribution in [-0.2, 0) is 4.79 Å². The number of carbonyl (C=O) groups excluding carboxylic acids is 1. The summed E-state index contributed by atoms with van der Waals surface area (Å²) in [6.07, 6.45) is 32.8. The van der Waals surface area contributed by atoms with Gasteiger partial charge in [-0.2, -0.15) is 0 Å². The lowest BCUT2D eigenvalue weighted by Crippen LogP contribution is -2.38. The first kappa shape index (κ1) is 35.0. The van der Waals surface area contributed by atoms with Crippen molar-refractivity contribution >= 4 is 5.78 Å². The van der Waals surface area contributed by atoms with E-state index in [1.165, 1.54) is 41.6 Å². The van der Waals surface area contributed by atoms with Crippen LogP contribution < -0.4 is 0 Å². The Morgan fingerprint density at radius 1 is 0.714 bits per heavy atom. The van der Waals surface area contributed by atoms with E-state index in [-0.39, 0.29) is 17.6 Å². The quantitative estimate of drug-likeness (QED) is 0.267. The molecule has 0 saturated heterocycles. The zero-order chi connectivity index (χ0) is 31.5. The van der Waals surface area contributed by atoms with Crippen molar-refractivity contribution in [3.63, 3.8) is 0 Å². The van der Waals surface area contributed by atoms with E-state index in [9.17, 15) is 9.90 Å². The minimum Gasteiger partial charge on any atom is -0.392 e. The van der Waals surface area contributed by atoms with E-state index in [0.29, 0.717) is 0 Å². The minimum absolute atomic E-state index is 0.0276. The summed E-state index contributed by atoms with van der Waals surface area (Å²) in [4.78, 5) is 12.2. The number of hydrogen-bond donors (Lipinski definition) is 1. The summed E-state index contributed by atoms with van der Waals surface area (Å²) in [5.41, 5.74) is 9.21. The van der Waals surface area contributed by atoms with Gasteiger partial charge in [0.15, 0.2) is 5.78 Å². The highest BCUT2D eigenvalue weighted by molar-refractivity contribution is 5.97. The van der Waals surface area contributed by atoms with Crippen LogP contribution >= 0.6 is 0 Å². The van der Waals surface area contributed by atoms with E-state index >= 15 is 0 Å². The first-order chi connectivity index (χ1) is 19.6. The first-order valence-corrected chi connectivity index (χ1v) is 15.4. The Labute approximate surface area is 256 Å². The Hall–Kier alpha value is -3.23. The SMILES string of the molecule is CC1=C(/C=C/C(C)=C/C=C/C(C)=C/C=C/C=C(C)/C=C/C=C(C)/C=C/C2=C(C)C(=O)C[C@H](O)C2(C)C)C(C)(C)CCC1. The monoisotopic (exact) mass is 566 g/mol. The zero-order valence-electron chi connectivity index (χ0n) is 27.8. The summed E-state index contributed by atoms with van der Waals surface area (Å²) >= 11 is 0. The van der Waals surface area contributed by atoms with Gasteiger partial charge in [0, 0.05) is 11.8 Å². The molecule has 42 heavy (non-hydrogen) atoms. The van der Waals surface area contributed by atoms with Crippen LogP contribution in [0.4, 0.5) is 0 Å². The number of aliphatic hydroxyl groups is 1. The molecule has 1 N–H and O–H groups in total. The van der Waals surface area contributed by atoms with Crippen molar-refractivity contribution in [2.45, 2.75) is 101 Å². The molecule has 0 spiro atoms. The molecule has 0 aromatic heterocycles. The summed E-state index contributed by atoms with van der Waals surface area (Å²) < 4.78 is 0. The number of rotatable bonds is 10. The van der Waals surface area contributed by atoms with Crippen molar-refractivity contribution in [2.75, 3.05) is 0 Å². The third-order valence-electron chi connectivity index (χ3n) is 8.56. The smallest absolute Gasteiger partial charge is 0.161 e. The largest absolute Gasteiger partial charge is 0.392 e. The topological polar surface area (TPSA) is 37.3 Å². The second-order valence-electron chi connectivity index (χ2n) is 13.2. The lowest BCUT2D eigenvalue weighted by Gasteiger charge is -2.36. The van der Waals surface area contributed by atoms with Crippen LogP contribution in [0.1, 0.15) is 94.9 Å². The lowest BCUT2D eigenvalue weighted by atomic mass is 9.70. The summed E-state index contributed by atoms with van der Waals surface area (Å²) in [6, 6.07) is 0. The van der Waals surface area contributed by atoms with Gasteiger partial charge in [0.1, 0.15) is 0 Å². The highest BCUT2D eigenvalue weighted by Crippen LogP contribution is 2.41. The molecule has 226 valence electrons. The van der Waals surface area contributed by atoms with Gasteiger partial charge in [-0.05, 0) is 82.9 Å². The molecule has 2 rings (SSSR count). The molecule has 2 heteroatoms. The fraction of sp³-hybridized carbons (Fsp3) is 0.425. The number of hydrogen-bond acceptors (Lipinski definition) is 2. The van der Waals surface area contributed by atoms with Gasteiger partial charge >= 0.3 is 0 Å². The fourth-order valence-electron chi connectivity index (χ4n) is 5.52. The number of aliphatic hydroxyl groups excluding tert-OH is 1. The molecule has 0 bridgehead atoms. The number of ketones is 1. The van der Waals surface area contributed by atoms with E-state index in [0.717, 1.165) is 22.3 Å². The predicted octanol–water partition coefficient (Wildman–Crippen LogP) is 10.8. The number of Topliss-reactive ketones (excluding diaryl/α,β-unsaturated/α-hetero) is 1. The average molecular weight is 567 g/mol. The zero-order valence-corrected chi connectivity index (χ0v) is 27.8. The Kier molecular flexibility index (Phi) is 13.2. The summed E-state index contributed by atoms with van der Waals surface area (Å²) in [7, 11) is 0. The Morgan fingerprint density at radius 3 is 1.67 bits per heavy atom. The van der Waals surface area contributed by atoms with E-state index in [1.54, 1.807) is 0 Å². The van der Waals surface area contributed by atoms with Gasteiger partial charge in [-0.15, -0.1) is 0 Å². The number of allylic oxidation sites excluding steroid dienone is 21. The molecular formula is C40H54O2. The van der Waals surface area contributed by atoms with Gasteiger partial charge in [0.2, 0.25) is 0 Å². The summed E-state index contributed by atoms with van der Waals surface area (Å²) in [5.74, 6) is 0.0276. The van der Waals surface area contributed by atoms with Crippen LogP contribution in [-0.4, -0.2) is 17.0 Å². The van der Waals surface area contributed by atoms with Gasteiger partial charge in [-0.3, -0.25) is 4.79 Å².